The molecule has 1 atom stereocenters. The lowest BCUT2D eigenvalue weighted by Gasteiger charge is -2.44. The van der Waals surface area contributed by atoms with Gasteiger partial charge in [-0.1, -0.05) is 0 Å². The molecule has 5 heterocycles. The third-order valence-corrected chi connectivity index (χ3v) is 12.2. The number of ether oxygens (including phenoxy) is 2. The quantitative estimate of drug-likeness (QED) is 0.394. The Hall–Kier alpha value is -4.58. The van der Waals surface area contributed by atoms with E-state index in [4.69, 9.17) is 9.47 Å². The minimum absolute atomic E-state index is 0.0102. The third kappa shape index (κ3) is 5.69. The first-order valence-corrected chi connectivity index (χ1v) is 17.9. The first-order valence-electron chi connectivity index (χ1n) is 16.5. The number of anilines is 1. The molecule has 0 aliphatic carbocycles. The number of nitrogens with one attached hydrogen (secondary N) is 1. The van der Waals surface area contributed by atoms with Crippen molar-refractivity contribution < 1.29 is 31.9 Å². The van der Waals surface area contributed by atoms with Crippen LogP contribution >= 0.6 is 0 Å². The molecule has 3 fully saturated rings. The highest BCUT2D eigenvalue weighted by Crippen LogP contribution is 2.49. The van der Waals surface area contributed by atoms with Crippen molar-refractivity contribution in [2.24, 2.45) is 11.8 Å². The van der Waals surface area contributed by atoms with Crippen molar-refractivity contribution >= 4 is 27.6 Å². The van der Waals surface area contributed by atoms with Crippen LogP contribution in [0.4, 0.5) is 14.9 Å². The molecule has 0 spiro atoms. The number of hydrogen-bond acceptors (Lipinski definition) is 9. The fraction of sp³-hybridized carbons (Fsp3) is 0.429. The summed E-state index contributed by atoms with van der Waals surface area (Å²) in [6, 6.07) is 13.4. The summed E-state index contributed by atoms with van der Waals surface area (Å²) in [4.78, 5) is 37.2. The molecule has 0 unspecified atom stereocenters. The predicted molar refractivity (Wildman–Crippen MR) is 176 cm³/mol. The molecule has 1 N–H and O–H groups in total. The number of aromatic nitrogens is 1. The number of hydrogen-bond donors (Lipinski definition) is 1. The van der Waals surface area contributed by atoms with E-state index in [-0.39, 0.29) is 33.2 Å². The lowest BCUT2D eigenvalue weighted by atomic mass is 9.78. The molecule has 0 saturated carbocycles. The van der Waals surface area contributed by atoms with Crippen molar-refractivity contribution in [2.75, 3.05) is 50.8 Å². The zero-order chi connectivity index (χ0) is 34.3. The number of rotatable bonds is 7. The Balaban J connectivity index is 1.21. The largest absolute Gasteiger partial charge is 0.481 e. The Bertz CT molecular complexity index is 1900. The van der Waals surface area contributed by atoms with Crippen molar-refractivity contribution in [3.63, 3.8) is 0 Å². The molecule has 14 heteroatoms. The van der Waals surface area contributed by atoms with Gasteiger partial charge >= 0.3 is 6.03 Å². The second-order valence-electron chi connectivity index (χ2n) is 13.0. The van der Waals surface area contributed by atoms with Gasteiger partial charge < -0.3 is 19.7 Å². The highest BCUT2D eigenvalue weighted by Gasteiger charge is 2.59. The fourth-order valence-corrected chi connectivity index (χ4v) is 9.17. The van der Waals surface area contributed by atoms with E-state index in [9.17, 15) is 27.7 Å². The Kier molecular flexibility index (Phi) is 8.76. The molecule has 2 aromatic carbocycles. The van der Waals surface area contributed by atoms with Crippen LogP contribution in [0.25, 0.3) is 0 Å². The third-order valence-electron chi connectivity index (χ3n) is 10.5. The monoisotopic (exact) mass is 688 g/mol. The number of likely N-dealkylation sites (tertiary alicyclic amines) is 2. The molecule has 7 rings (SSSR count). The normalized spacial score (nSPS) is 22.3. The Morgan fingerprint density at radius 3 is 2.31 bits per heavy atom. The molecule has 3 amide bonds. The van der Waals surface area contributed by atoms with Gasteiger partial charge in [-0.15, -0.1) is 0 Å². The van der Waals surface area contributed by atoms with E-state index in [2.05, 4.69) is 15.2 Å². The van der Waals surface area contributed by atoms with Gasteiger partial charge in [-0.25, -0.2) is 22.6 Å². The van der Waals surface area contributed by atoms with Crippen LogP contribution < -0.4 is 14.4 Å². The van der Waals surface area contributed by atoms with Crippen molar-refractivity contribution in [1.29, 1.82) is 5.26 Å². The van der Waals surface area contributed by atoms with E-state index in [1.165, 1.54) is 37.6 Å². The van der Waals surface area contributed by atoms with Gasteiger partial charge in [-0.2, -0.15) is 9.57 Å². The smallest absolute Gasteiger partial charge is 0.318 e. The number of piperidine rings is 2. The molecule has 12 nitrogen and oxygen atoms in total. The van der Waals surface area contributed by atoms with Crippen LogP contribution in [-0.4, -0.2) is 87.7 Å². The van der Waals surface area contributed by atoms with Gasteiger partial charge in [0.25, 0.3) is 15.9 Å². The van der Waals surface area contributed by atoms with Gasteiger partial charge in [0.2, 0.25) is 5.88 Å². The molecular formula is C35H37FN6O6S. The molecule has 1 aromatic heterocycles. The van der Waals surface area contributed by atoms with Gasteiger partial charge in [0.05, 0.1) is 54.1 Å². The highest BCUT2D eigenvalue weighted by atomic mass is 32.2. The maximum Gasteiger partial charge on any atom is 0.318 e. The van der Waals surface area contributed by atoms with Gasteiger partial charge in [-0.05, 0) is 105 Å². The molecular weight excluding hydrogens is 651 g/mol. The lowest BCUT2D eigenvalue weighted by molar-refractivity contribution is -0.121. The topological polar surface area (TPSA) is 145 Å². The SMILES string of the molecule is COc1ncccc1[C@]1(NC(=O)N2CCC(C3CCN(C4COC4)CC3)CC2)C(=O)N(S(=O)(=O)c2ccc(F)cc2)c2ccc(C#N)cc21. The van der Waals surface area contributed by atoms with Crippen LogP contribution in [0.5, 0.6) is 5.88 Å². The van der Waals surface area contributed by atoms with Crippen LogP contribution in [0.15, 0.2) is 65.7 Å². The fourth-order valence-electron chi connectivity index (χ4n) is 7.70. The Labute approximate surface area is 284 Å². The maximum atomic E-state index is 14.9. The van der Waals surface area contributed by atoms with Crippen LogP contribution in [0.1, 0.15) is 42.4 Å². The summed E-state index contributed by atoms with van der Waals surface area (Å²) in [5.74, 6) is -0.625. The van der Waals surface area contributed by atoms with Gasteiger partial charge in [0.15, 0.2) is 5.54 Å². The van der Waals surface area contributed by atoms with E-state index in [1.54, 1.807) is 11.0 Å². The van der Waals surface area contributed by atoms with Crippen LogP contribution in [0.3, 0.4) is 0 Å². The first kappa shape index (κ1) is 32.9. The van der Waals surface area contributed by atoms with Crippen LogP contribution in [0, 0.1) is 29.0 Å². The van der Waals surface area contributed by atoms with E-state index in [0.29, 0.717) is 35.3 Å². The van der Waals surface area contributed by atoms with Crippen molar-refractivity contribution in [3.05, 3.63) is 83.3 Å². The number of amides is 3. The van der Waals surface area contributed by atoms with Gasteiger partial charge in [0, 0.05) is 24.8 Å². The maximum absolute atomic E-state index is 14.9. The van der Waals surface area contributed by atoms with Crippen LogP contribution in [-0.2, 0) is 25.1 Å². The number of carbonyl (C=O) groups excluding carboxylic acids is 2. The van der Waals surface area contributed by atoms with E-state index >= 15 is 0 Å². The second kappa shape index (κ2) is 13.0. The number of nitrogens with zero attached hydrogens (tertiary/aromatic N) is 5. The first-order chi connectivity index (χ1) is 23.7. The minimum atomic E-state index is -4.63. The number of carbonyl (C=O) groups is 2. The number of pyridine rings is 1. The predicted octanol–water partition coefficient (Wildman–Crippen LogP) is 3.61. The molecule has 49 heavy (non-hydrogen) atoms. The average Bonchev–Trinajstić information content (AvgIpc) is 3.35. The summed E-state index contributed by atoms with van der Waals surface area (Å²) in [6.45, 7) is 4.65. The Morgan fingerprint density at radius 1 is 1.02 bits per heavy atom. The zero-order valence-corrected chi connectivity index (χ0v) is 27.9. The van der Waals surface area contributed by atoms with Crippen LogP contribution in [0.2, 0.25) is 0 Å². The number of halogens is 1. The lowest BCUT2D eigenvalue weighted by Crippen LogP contribution is -2.58. The molecule has 3 saturated heterocycles. The standard InChI is InChI=1S/C35H37FN6O6S/c1-47-32-29(3-2-14-38-32)35(39-34(44)41-17-12-25(13-18-41)24-10-15-40(16-11-24)27-21-48-22-27)30-19-23(20-37)4-9-31(30)42(33(35)43)49(45,46)28-7-5-26(36)6-8-28/h2-9,14,19,24-25,27H,10-13,15-18,21-22H2,1H3,(H,39,44)/t35-/m1/s1. The summed E-state index contributed by atoms with van der Waals surface area (Å²) in [7, 11) is -3.27. The summed E-state index contributed by atoms with van der Waals surface area (Å²) < 4.78 is 53.6. The molecule has 0 radical (unpaired) electrons. The van der Waals surface area contributed by atoms with E-state index in [0.717, 1.165) is 76.3 Å². The van der Waals surface area contributed by atoms with Crippen molar-refractivity contribution in [1.82, 2.24) is 20.1 Å². The van der Waals surface area contributed by atoms with Gasteiger partial charge in [-0.3, -0.25) is 9.69 Å². The zero-order valence-electron chi connectivity index (χ0n) is 27.0. The molecule has 3 aromatic rings. The molecule has 256 valence electrons. The minimum Gasteiger partial charge on any atom is -0.481 e. The van der Waals surface area contributed by atoms with E-state index < -0.39 is 33.3 Å². The number of benzene rings is 2. The number of methoxy groups -OCH3 is 1. The molecule has 4 aliphatic rings. The number of sulfonamides is 1. The van der Waals surface area contributed by atoms with E-state index in [1.807, 2.05) is 6.07 Å². The molecule has 4 aliphatic heterocycles. The van der Waals surface area contributed by atoms with Crippen molar-refractivity contribution in [3.8, 4) is 11.9 Å². The second-order valence-corrected chi connectivity index (χ2v) is 14.8. The molecule has 0 bridgehead atoms. The highest BCUT2D eigenvalue weighted by molar-refractivity contribution is 7.93. The summed E-state index contributed by atoms with van der Waals surface area (Å²) >= 11 is 0. The Morgan fingerprint density at radius 2 is 1.69 bits per heavy atom. The summed E-state index contributed by atoms with van der Waals surface area (Å²) in [5.41, 5.74) is -1.88. The average molecular weight is 689 g/mol. The number of fused-ring (bicyclic) bond motifs is 1. The van der Waals surface area contributed by atoms with Gasteiger partial charge in [0.1, 0.15) is 5.82 Å². The van der Waals surface area contributed by atoms with Crippen molar-refractivity contribution in [2.45, 2.75) is 42.2 Å². The number of nitriles is 1. The number of urea groups is 1. The summed E-state index contributed by atoms with van der Waals surface area (Å²) in [5, 5.41) is 12.8. The summed E-state index contributed by atoms with van der Waals surface area (Å²) in [6.07, 6.45) is 5.29.